The molecule has 3 heteroatoms. The van der Waals surface area contributed by atoms with Crippen LogP contribution in [0, 0.1) is 0 Å². The summed E-state index contributed by atoms with van der Waals surface area (Å²) < 4.78 is 0. The Hall–Kier alpha value is -8.11. The average Bonchev–Trinajstić information content (AvgIpc) is 3.85. The summed E-state index contributed by atoms with van der Waals surface area (Å²) >= 11 is 1.80. The maximum Gasteiger partial charge on any atom is 0.160 e. The van der Waals surface area contributed by atoms with Crippen LogP contribution in [0.15, 0.2) is 241 Å². The number of hydrogen-bond donors (Lipinski definition) is 0. The monoisotopic (exact) mass is 868 g/mol. The second-order valence-corrected chi connectivity index (χ2v) is 18.9. The van der Waals surface area contributed by atoms with Gasteiger partial charge in [-0.25, -0.2) is 9.97 Å². The van der Waals surface area contributed by atoms with Crippen molar-refractivity contribution in [3.63, 3.8) is 0 Å². The minimum Gasteiger partial charge on any atom is -0.228 e. The van der Waals surface area contributed by atoms with Crippen molar-refractivity contribution in [1.29, 1.82) is 0 Å². The van der Waals surface area contributed by atoms with Crippen LogP contribution in [0.25, 0.3) is 72.5 Å². The summed E-state index contributed by atoms with van der Waals surface area (Å²) in [5, 5.41) is 4.58. The van der Waals surface area contributed by atoms with E-state index in [-0.39, 0.29) is 0 Å². The van der Waals surface area contributed by atoms with E-state index in [1.54, 1.807) is 11.8 Å². The predicted molar refractivity (Wildman–Crippen MR) is 277 cm³/mol. The van der Waals surface area contributed by atoms with Gasteiger partial charge in [0.2, 0.25) is 0 Å². The highest BCUT2D eigenvalue weighted by molar-refractivity contribution is 8.02. The Bertz CT molecular complexity index is 3720. The largest absolute Gasteiger partial charge is 0.228 e. The molecule has 67 heavy (non-hydrogen) atoms. The van der Waals surface area contributed by atoms with E-state index in [0.29, 0.717) is 5.82 Å². The third-order valence-corrected chi connectivity index (χ3v) is 15.8. The van der Waals surface area contributed by atoms with Crippen molar-refractivity contribution < 1.29 is 0 Å². The van der Waals surface area contributed by atoms with Gasteiger partial charge in [0.25, 0.3) is 0 Å². The van der Waals surface area contributed by atoms with Gasteiger partial charge in [-0.3, -0.25) is 0 Å². The van der Waals surface area contributed by atoms with E-state index in [9.17, 15) is 0 Å². The quantitative estimate of drug-likeness (QED) is 0.177. The van der Waals surface area contributed by atoms with Crippen LogP contribution >= 0.6 is 11.8 Å². The smallest absolute Gasteiger partial charge is 0.160 e. The van der Waals surface area contributed by atoms with E-state index in [0.717, 1.165) is 44.6 Å². The second kappa shape index (κ2) is 14.4. The Labute approximate surface area is 394 Å². The van der Waals surface area contributed by atoms with Gasteiger partial charge in [-0.15, -0.1) is 0 Å². The zero-order valence-electron chi connectivity index (χ0n) is 36.4. The maximum atomic E-state index is 5.46. The molecule has 0 saturated heterocycles. The fourth-order valence-corrected chi connectivity index (χ4v) is 13.2. The number of nitrogens with zero attached hydrogens (tertiary/aromatic N) is 2. The van der Waals surface area contributed by atoms with E-state index in [4.69, 9.17) is 9.97 Å². The lowest BCUT2D eigenvalue weighted by atomic mass is 9.52. The minimum absolute atomic E-state index is 0.527. The van der Waals surface area contributed by atoms with Gasteiger partial charge in [-0.2, -0.15) is 0 Å². The van der Waals surface area contributed by atoms with Gasteiger partial charge in [0, 0.05) is 21.6 Å². The van der Waals surface area contributed by atoms with Crippen molar-refractivity contribution in [1.82, 2.24) is 9.97 Å². The highest BCUT2D eigenvalue weighted by Crippen LogP contribution is 2.69. The lowest BCUT2D eigenvalue weighted by molar-refractivity contribution is 0.626. The van der Waals surface area contributed by atoms with Crippen LogP contribution in [0.2, 0.25) is 0 Å². The fraction of sp³-hybridized carbons (Fsp3) is 0.0312. The van der Waals surface area contributed by atoms with Crippen LogP contribution in [0.1, 0.15) is 50.1 Å². The van der Waals surface area contributed by atoms with E-state index in [1.807, 2.05) is 0 Å². The number of rotatable bonds is 3. The first-order valence-corrected chi connectivity index (χ1v) is 23.9. The molecule has 4 aliphatic rings. The van der Waals surface area contributed by atoms with Crippen LogP contribution in [0.5, 0.6) is 0 Å². The van der Waals surface area contributed by atoms with E-state index >= 15 is 0 Å². The highest BCUT2D eigenvalue weighted by atomic mass is 32.2. The molecular weight excluding hydrogens is 829 g/mol. The van der Waals surface area contributed by atoms with Crippen molar-refractivity contribution in [3.05, 3.63) is 287 Å². The summed E-state index contributed by atoms with van der Waals surface area (Å²) in [6.45, 7) is 4.65. The molecule has 0 N–H and O–H groups in total. The van der Waals surface area contributed by atoms with Crippen molar-refractivity contribution >= 4 is 28.1 Å². The molecule has 0 fully saturated rings. The highest BCUT2D eigenvalue weighted by Gasteiger charge is 2.59. The molecular formula is C64H40N2S. The Kier molecular flexibility index (Phi) is 8.23. The normalized spacial score (nSPS) is 15.9. The molecule has 1 aromatic heterocycles. The van der Waals surface area contributed by atoms with E-state index in [2.05, 4.69) is 236 Å². The van der Waals surface area contributed by atoms with Gasteiger partial charge in [-0.1, -0.05) is 231 Å². The van der Waals surface area contributed by atoms with Crippen molar-refractivity contribution in [3.8, 4) is 56.2 Å². The predicted octanol–water partition coefficient (Wildman–Crippen LogP) is 15.9. The van der Waals surface area contributed by atoms with Gasteiger partial charge < -0.3 is 0 Å². The third-order valence-electron chi connectivity index (χ3n) is 14.8. The molecule has 2 nitrogen and oxygen atoms in total. The molecule has 0 unspecified atom stereocenters. The molecule has 10 aromatic rings. The molecule has 0 amide bonds. The average molecular weight is 869 g/mol. The lowest BCUT2D eigenvalue weighted by Gasteiger charge is -2.49. The van der Waals surface area contributed by atoms with Crippen LogP contribution in [-0.2, 0) is 10.8 Å². The van der Waals surface area contributed by atoms with Crippen molar-refractivity contribution in [2.75, 3.05) is 0 Å². The second-order valence-electron chi connectivity index (χ2n) is 18.0. The Balaban J connectivity index is 1.08. The lowest BCUT2D eigenvalue weighted by Crippen LogP contribution is -2.44. The molecule has 14 rings (SSSR count). The van der Waals surface area contributed by atoms with E-state index < -0.39 is 10.8 Å². The maximum absolute atomic E-state index is 5.46. The van der Waals surface area contributed by atoms with Crippen molar-refractivity contribution in [2.24, 2.45) is 0 Å². The van der Waals surface area contributed by atoms with Crippen LogP contribution in [0.3, 0.4) is 0 Å². The molecule has 3 aliphatic carbocycles. The summed E-state index contributed by atoms with van der Waals surface area (Å²) in [7, 11) is 0. The van der Waals surface area contributed by atoms with Gasteiger partial charge in [0.15, 0.2) is 5.82 Å². The number of aromatic nitrogens is 2. The van der Waals surface area contributed by atoms with Gasteiger partial charge in [0.1, 0.15) is 0 Å². The topological polar surface area (TPSA) is 25.8 Å². The molecule has 9 aromatic carbocycles. The molecule has 312 valence electrons. The zero-order valence-corrected chi connectivity index (χ0v) is 37.3. The summed E-state index contributed by atoms with van der Waals surface area (Å²) in [5.74, 6) is 0.694. The van der Waals surface area contributed by atoms with Gasteiger partial charge in [-0.05, 0) is 106 Å². The van der Waals surface area contributed by atoms with Crippen LogP contribution < -0.4 is 0 Å². The molecule has 0 radical (unpaired) electrons. The third kappa shape index (κ3) is 5.18. The fourth-order valence-electron chi connectivity index (χ4n) is 12.2. The number of fused-ring (bicyclic) bond motifs is 19. The van der Waals surface area contributed by atoms with Gasteiger partial charge >= 0.3 is 0 Å². The number of benzene rings is 9. The first kappa shape index (κ1) is 38.2. The number of thioether (sulfide) groups is 1. The first-order valence-electron chi connectivity index (χ1n) is 23.0. The van der Waals surface area contributed by atoms with Crippen LogP contribution in [0.4, 0.5) is 0 Å². The van der Waals surface area contributed by atoms with Crippen LogP contribution in [-0.4, -0.2) is 9.97 Å². The standard InChI is InChI=1S/C64H40N2S/c1-40-18-15-16-37-67-61-44(40)34-35-49-50-38-43(62-65-58(42-20-3-2-4-21-42)39-59(66-62)48-26-17-22-41-19-5-6-23-45(41)48)33-36-53(50)64(60(49)61)56-31-13-11-29-54(56)63(55-30-12-14-32-57(55)64)51-27-9-7-24-46(51)47-25-8-10-28-52(47)63/h2-39H,1H2/b18-15-,37-16-. The molecule has 1 aliphatic heterocycles. The summed E-state index contributed by atoms with van der Waals surface area (Å²) in [5.41, 5.74) is 21.3. The molecule has 0 atom stereocenters. The van der Waals surface area contributed by atoms with E-state index in [1.165, 1.54) is 77.0 Å². The summed E-state index contributed by atoms with van der Waals surface area (Å²) in [6, 6.07) is 76.2. The Morgan fingerprint density at radius 2 is 0.955 bits per heavy atom. The molecule has 2 heterocycles. The first-order chi connectivity index (χ1) is 33.2. The van der Waals surface area contributed by atoms with Gasteiger partial charge in [0.05, 0.1) is 22.2 Å². The van der Waals surface area contributed by atoms with Crippen molar-refractivity contribution in [2.45, 2.75) is 15.7 Å². The number of hydrogen-bond acceptors (Lipinski definition) is 3. The molecule has 0 saturated carbocycles. The minimum atomic E-state index is -0.676. The Morgan fingerprint density at radius 1 is 0.388 bits per heavy atom. The molecule has 2 spiro atoms. The summed E-state index contributed by atoms with van der Waals surface area (Å²) in [4.78, 5) is 12.1. The SMILES string of the molecule is C=C1/C=C\C=C/Sc2c1ccc1c2C2(c3ccc(-c4nc(-c5ccccc5)cc(-c5cccc6ccccc56)n4)cc3-1)c1ccccc1C1(c3ccccc3-c3ccccc31)c1ccccc12. The number of allylic oxidation sites excluding steroid dienone is 4. The zero-order chi connectivity index (χ0) is 44.3. The Morgan fingerprint density at radius 3 is 1.69 bits per heavy atom. The molecule has 0 bridgehead atoms. The summed E-state index contributed by atoms with van der Waals surface area (Å²) in [6.07, 6.45) is 6.38.